The zero-order valence-electron chi connectivity index (χ0n) is 33.4. The second-order valence-electron chi connectivity index (χ2n) is 16.8. The summed E-state index contributed by atoms with van der Waals surface area (Å²) in [5.74, 6) is 1.95. The lowest BCUT2D eigenvalue weighted by Gasteiger charge is -2.34. The summed E-state index contributed by atoms with van der Waals surface area (Å²) in [5, 5.41) is 4.90. The molecule has 10 aromatic rings. The first kappa shape index (κ1) is 34.5. The molecule has 0 unspecified atom stereocenters. The Balaban J connectivity index is 1.08. The zero-order chi connectivity index (χ0) is 40.0. The second-order valence-corrected chi connectivity index (χ2v) is 16.8. The van der Waals surface area contributed by atoms with Gasteiger partial charge < -0.3 is 0 Å². The van der Waals surface area contributed by atoms with E-state index in [1.165, 1.54) is 71.8 Å². The van der Waals surface area contributed by atoms with Crippen molar-refractivity contribution in [2.24, 2.45) is 0 Å². The topological polar surface area (TPSA) is 38.7 Å². The third-order valence-corrected chi connectivity index (χ3v) is 13.2. The molecule has 3 heteroatoms. The second kappa shape index (κ2) is 13.0. The van der Waals surface area contributed by atoms with Crippen molar-refractivity contribution >= 4 is 21.5 Å². The van der Waals surface area contributed by atoms with E-state index in [4.69, 9.17) is 15.0 Å². The molecule has 0 saturated carbocycles. The van der Waals surface area contributed by atoms with Gasteiger partial charge in [-0.25, -0.2) is 15.0 Å². The number of fused-ring (bicyclic) bond motifs is 9. The molecule has 0 aliphatic heterocycles. The van der Waals surface area contributed by atoms with Crippen LogP contribution in [0.5, 0.6) is 0 Å². The Morgan fingerprint density at radius 3 is 1.48 bits per heavy atom. The van der Waals surface area contributed by atoms with Gasteiger partial charge >= 0.3 is 0 Å². The molecule has 2 aliphatic rings. The van der Waals surface area contributed by atoms with Gasteiger partial charge in [-0.05, 0) is 95.4 Å². The summed E-state index contributed by atoms with van der Waals surface area (Å²) in [5.41, 5.74) is 14.8. The smallest absolute Gasteiger partial charge is 0.164 e. The van der Waals surface area contributed by atoms with Crippen molar-refractivity contribution in [1.29, 1.82) is 0 Å². The number of hydrogen-bond acceptors (Lipinski definition) is 3. The summed E-state index contributed by atoms with van der Waals surface area (Å²) < 4.78 is 0. The van der Waals surface area contributed by atoms with E-state index in [0.29, 0.717) is 17.5 Å². The van der Waals surface area contributed by atoms with Gasteiger partial charge in [-0.1, -0.05) is 196 Å². The normalized spacial score (nSPS) is 14.1. The molecule has 1 aromatic heterocycles. The van der Waals surface area contributed by atoms with Crippen LogP contribution in [0.1, 0.15) is 47.2 Å². The quantitative estimate of drug-likeness (QED) is 0.175. The molecular weight excluding hydrogens is 727 g/mol. The fourth-order valence-corrected chi connectivity index (χ4v) is 10.4. The van der Waals surface area contributed by atoms with Crippen molar-refractivity contribution in [1.82, 2.24) is 15.0 Å². The average Bonchev–Trinajstić information content (AvgIpc) is 3.74. The molecule has 60 heavy (non-hydrogen) atoms. The van der Waals surface area contributed by atoms with Gasteiger partial charge in [0, 0.05) is 22.1 Å². The molecule has 0 amide bonds. The molecule has 0 N–H and O–H groups in total. The van der Waals surface area contributed by atoms with Gasteiger partial charge in [0.05, 0.1) is 5.41 Å². The first-order chi connectivity index (χ1) is 29.5. The van der Waals surface area contributed by atoms with Crippen LogP contribution in [-0.4, -0.2) is 15.0 Å². The van der Waals surface area contributed by atoms with Crippen LogP contribution in [0.25, 0.3) is 78.0 Å². The van der Waals surface area contributed by atoms with E-state index in [-0.39, 0.29) is 5.41 Å². The van der Waals surface area contributed by atoms with Crippen LogP contribution in [-0.2, 0) is 10.8 Å². The van der Waals surface area contributed by atoms with Gasteiger partial charge in [-0.15, -0.1) is 0 Å². The molecule has 0 spiro atoms. The molecule has 282 valence electrons. The highest BCUT2D eigenvalue weighted by molar-refractivity contribution is 5.98. The molecule has 0 saturated heterocycles. The Kier molecular flexibility index (Phi) is 7.49. The van der Waals surface area contributed by atoms with E-state index in [9.17, 15) is 0 Å². The molecule has 0 radical (unpaired) electrons. The first-order valence-corrected chi connectivity index (χ1v) is 20.8. The minimum Gasteiger partial charge on any atom is -0.208 e. The molecule has 3 nitrogen and oxygen atoms in total. The van der Waals surface area contributed by atoms with E-state index in [2.05, 4.69) is 214 Å². The predicted molar refractivity (Wildman–Crippen MR) is 246 cm³/mol. The van der Waals surface area contributed by atoms with Gasteiger partial charge in [0.15, 0.2) is 17.5 Å². The van der Waals surface area contributed by atoms with Gasteiger partial charge in [-0.2, -0.15) is 0 Å². The Labute approximate surface area is 349 Å². The van der Waals surface area contributed by atoms with E-state index in [1.54, 1.807) is 0 Å². The Bertz CT molecular complexity index is 3310. The maximum Gasteiger partial charge on any atom is 0.164 e. The van der Waals surface area contributed by atoms with Gasteiger partial charge in [0.2, 0.25) is 0 Å². The Hall–Kier alpha value is -7.49. The van der Waals surface area contributed by atoms with Crippen LogP contribution in [0.3, 0.4) is 0 Å². The number of benzene rings is 9. The van der Waals surface area contributed by atoms with E-state index in [0.717, 1.165) is 22.1 Å². The van der Waals surface area contributed by atoms with Gasteiger partial charge in [-0.3, -0.25) is 0 Å². The van der Waals surface area contributed by atoms with Crippen LogP contribution >= 0.6 is 0 Å². The molecule has 0 fully saturated rings. The molecule has 12 rings (SSSR count). The standard InChI is InChI=1S/C57H39N3/c1-56(2)50-34-40(29-31-47(50)48-32-27-37-16-11-12-22-44(37)52(48)56)54-58-53(39-26-25-36-15-9-10-17-38(36)33-39)59-55(60-54)41-28-30-46-45-23-13-14-24-49(45)57(51(46)35-41,42-18-5-3-6-19-42)43-20-7-4-8-21-43/h3-35H,1-2H3. The summed E-state index contributed by atoms with van der Waals surface area (Å²) in [6.07, 6.45) is 0. The minimum absolute atomic E-state index is 0.216. The summed E-state index contributed by atoms with van der Waals surface area (Å²) in [6.45, 7) is 4.70. The monoisotopic (exact) mass is 765 g/mol. The van der Waals surface area contributed by atoms with Crippen LogP contribution in [0.2, 0.25) is 0 Å². The molecule has 2 aliphatic carbocycles. The largest absolute Gasteiger partial charge is 0.208 e. The van der Waals surface area contributed by atoms with Crippen molar-refractivity contribution in [3.8, 4) is 56.4 Å². The SMILES string of the molecule is CC1(C)c2cc(-c3nc(-c4ccc5c(c4)C(c4ccccc4)(c4ccccc4)c4ccccc4-5)nc(-c4ccc5ccccc5c4)n3)ccc2-c2ccc3ccccc3c21. The molecule has 1 heterocycles. The lowest BCUT2D eigenvalue weighted by atomic mass is 9.67. The van der Waals surface area contributed by atoms with Crippen molar-refractivity contribution in [2.45, 2.75) is 24.7 Å². The molecule has 0 atom stereocenters. The first-order valence-electron chi connectivity index (χ1n) is 20.8. The van der Waals surface area contributed by atoms with Crippen LogP contribution < -0.4 is 0 Å². The van der Waals surface area contributed by atoms with E-state index < -0.39 is 5.41 Å². The third-order valence-electron chi connectivity index (χ3n) is 13.2. The van der Waals surface area contributed by atoms with Crippen molar-refractivity contribution in [3.63, 3.8) is 0 Å². The summed E-state index contributed by atoms with van der Waals surface area (Å²) in [4.78, 5) is 16.0. The maximum atomic E-state index is 5.38. The zero-order valence-corrected chi connectivity index (χ0v) is 33.4. The van der Waals surface area contributed by atoms with E-state index in [1.807, 2.05) is 0 Å². The lowest BCUT2D eigenvalue weighted by molar-refractivity contribution is 0.666. The van der Waals surface area contributed by atoms with Crippen molar-refractivity contribution < 1.29 is 0 Å². The highest BCUT2D eigenvalue weighted by Gasteiger charge is 2.46. The third kappa shape index (κ3) is 4.99. The van der Waals surface area contributed by atoms with Crippen molar-refractivity contribution in [3.05, 3.63) is 234 Å². The number of aromatic nitrogens is 3. The fraction of sp³-hybridized carbons (Fsp3) is 0.0702. The maximum absolute atomic E-state index is 5.38. The van der Waals surface area contributed by atoms with Crippen molar-refractivity contribution in [2.75, 3.05) is 0 Å². The molecule has 0 bridgehead atoms. The summed E-state index contributed by atoms with van der Waals surface area (Å²) >= 11 is 0. The molecular formula is C57H39N3. The minimum atomic E-state index is -0.535. The highest BCUT2D eigenvalue weighted by atomic mass is 15.0. The van der Waals surface area contributed by atoms with Gasteiger partial charge in [0.25, 0.3) is 0 Å². The number of rotatable bonds is 5. The number of hydrogen-bond donors (Lipinski definition) is 0. The van der Waals surface area contributed by atoms with Crippen LogP contribution in [0, 0.1) is 0 Å². The fourth-order valence-electron chi connectivity index (χ4n) is 10.4. The number of nitrogens with zero attached hydrogens (tertiary/aromatic N) is 3. The summed E-state index contributed by atoms with van der Waals surface area (Å²) in [6, 6.07) is 72.5. The molecule has 9 aromatic carbocycles. The average molecular weight is 766 g/mol. The summed E-state index contributed by atoms with van der Waals surface area (Å²) in [7, 11) is 0. The Morgan fingerprint density at radius 2 is 0.800 bits per heavy atom. The van der Waals surface area contributed by atoms with Crippen LogP contribution in [0.4, 0.5) is 0 Å². The van der Waals surface area contributed by atoms with Gasteiger partial charge in [0.1, 0.15) is 0 Å². The predicted octanol–water partition coefficient (Wildman–Crippen LogP) is 13.8. The lowest BCUT2D eigenvalue weighted by Crippen LogP contribution is -2.28. The highest BCUT2D eigenvalue weighted by Crippen LogP contribution is 2.57. The van der Waals surface area contributed by atoms with E-state index >= 15 is 0 Å². The van der Waals surface area contributed by atoms with Crippen LogP contribution in [0.15, 0.2) is 200 Å². The Morgan fingerprint density at radius 1 is 0.333 bits per heavy atom.